The summed E-state index contributed by atoms with van der Waals surface area (Å²) in [6.45, 7) is 0. The molecule has 0 saturated heterocycles. The highest BCUT2D eigenvalue weighted by atomic mass is 32.2. The maximum absolute atomic E-state index is 12.7. The topological polar surface area (TPSA) is 118 Å². The standard InChI is InChI=1S/C24H22N4O6S/c1-32-17-10-15(11-18(13-17)33-2)25-23(29)14-35-24-26-19-12-16(28(30)31)8-9-20(19)27(24)21-6-4-5-7-22(21)34-3/h4-13H,14H2,1-3H3,(H,25,29). The number of non-ortho nitro benzene ring substituents is 1. The van der Waals surface area contributed by atoms with Crippen LogP contribution in [0.5, 0.6) is 17.2 Å². The van der Waals surface area contributed by atoms with E-state index < -0.39 is 4.92 Å². The maximum Gasteiger partial charge on any atom is 0.271 e. The third-order valence-corrected chi connectivity index (χ3v) is 6.05. The second-order valence-electron chi connectivity index (χ2n) is 7.27. The smallest absolute Gasteiger partial charge is 0.271 e. The summed E-state index contributed by atoms with van der Waals surface area (Å²) in [6.07, 6.45) is 0. The Morgan fingerprint density at radius 1 is 1.03 bits per heavy atom. The Bertz CT molecular complexity index is 1380. The van der Waals surface area contributed by atoms with Crippen molar-refractivity contribution in [2.75, 3.05) is 32.4 Å². The molecule has 0 aliphatic rings. The zero-order valence-electron chi connectivity index (χ0n) is 19.2. The lowest BCUT2D eigenvalue weighted by molar-refractivity contribution is -0.384. The number of nitro groups is 1. The molecule has 0 aliphatic carbocycles. The first-order chi connectivity index (χ1) is 16.9. The lowest BCUT2D eigenvalue weighted by Gasteiger charge is -2.13. The Morgan fingerprint density at radius 2 is 1.74 bits per heavy atom. The fourth-order valence-electron chi connectivity index (χ4n) is 3.51. The Labute approximate surface area is 205 Å². The molecule has 1 aromatic heterocycles. The van der Waals surface area contributed by atoms with Crippen LogP contribution in [0.2, 0.25) is 0 Å². The van der Waals surface area contributed by atoms with Gasteiger partial charge in [-0.2, -0.15) is 0 Å². The molecule has 0 saturated carbocycles. The second kappa shape index (κ2) is 10.3. The fourth-order valence-corrected chi connectivity index (χ4v) is 4.33. The van der Waals surface area contributed by atoms with Crippen molar-refractivity contribution in [2.24, 2.45) is 0 Å². The van der Waals surface area contributed by atoms with Gasteiger partial charge in [0.15, 0.2) is 5.16 Å². The molecule has 0 bridgehead atoms. The molecule has 180 valence electrons. The van der Waals surface area contributed by atoms with E-state index in [9.17, 15) is 14.9 Å². The molecule has 3 aromatic carbocycles. The molecule has 4 rings (SSSR count). The summed E-state index contributed by atoms with van der Waals surface area (Å²) in [5.41, 5.74) is 2.25. The first-order valence-electron chi connectivity index (χ1n) is 10.4. The van der Waals surface area contributed by atoms with Crippen LogP contribution in [-0.2, 0) is 4.79 Å². The first-order valence-corrected chi connectivity index (χ1v) is 11.4. The number of thioether (sulfide) groups is 1. The molecule has 1 amide bonds. The summed E-state index contributed by atoms with van der Waals surface area (Å²) in [5, 5.41) is 14.6. The number of benzene rings is 3. The van der Waals surface area contributed by atoms with Crippen LogP contribution in [0, 0.1) is 10.1 Å². The number of carbonyl (C=O) groups excluding carboxylic acids is 1. The molecule has 0 atom stereocenters. The summed E-state index contributed by atoms with van der Waals surface area (Å²) < 4.78 is 17.8. The molecule has 1 heterocycles. The van der Waals surface area contributed by atoms with Crippen LogP contribution in [0.15, 0.2) is 65.8 Å². The van der Waals surface area contributed by atoms with E-state index in [2.05, 4.69) is 10.3 Å². The van der Waals surface area contributed by atoms with Gasteiger partial charge in [-0.05, 0) is 18.2 Å². The zero-order chi connectivity index (χ0) is 24.9. The average molecular weight is 495 g/mol. The molecule has 0 spiro atoms. The Kier molecular flexibility index (Phi) is 7.06. The SMILES string of the molecule is COc1cc(NC(=O)CSc2nc3cc([N+](=O)[O-])ccc3n2-c2ccccc2OC)cc(OC)c1. The van der Waals surface area contributed by atoms with Gasteiger partial charge in [0.05, 0.1) is 48.7 Å². The number of anilines is 1. The summed E-state index contributed by atoms with van der Waals surface area (Å²) in [4.78, 5) is 28.1. The van der Waals surface area contributed by atoms with Crippen LogP contribution >= 0.6 is 11.8 Å². The first kappa shape index (κ1) is 23.9. The van der Waals surface area contributed by atoms with Crippen molar-refractivity contribution in [3.63, 3.8) is 0 Å². The van der Waals surface area contributed by atoms with Gasteiger partial charge in [0.25, 0.3) is 5.69 Å². The van der Waals surface area contributed by atoms with Crippen molar-refractivity contribution >= 4 is 40.1 Å². The van der Waals surface area contributed by atoms with Gasteiger partial charge >= 0.3 is 0 Å². The molecular weight excluding hydrogens is 472 g/mol. The highest BCUT2D eigenvalue weighted by molar-refractivity contribution is 7.99. The van der Waals surface area contributed by atoms with Crippen molar-refractivity contribution in [1.82, 2.24) is 9.55 Å². The molecule has 10 nitrogen and oxygen atoms in total. The van der Waals surface area contributed by atoms with E-state index in [0.717, 1.165) is 0 Å². The van der Waals surface area contributed by atoms with Crippen LogP contribution in [-0.4, -0.2) is 47.5 Å². The van der Waals surface area contributed by atoms with Crippen LogP contribution in [0.3, 0.4) is 0 Å². The number of methoxy groups -OCH3 is 3. The largest absolute Gasteiger partial charge is 0.497 e. The molecule has 4 aromatic rings. The van der Waals surface area contributed by atoms with Gasteiger partial charge in [-0.1, -0.05) is 23.9 Å². The van der Waals surface area contributed by atoms with Gasteiger partial charge in [-0.25, -0.2) is 4.98 Å². The number of fused-ring (bicyclic) bond motifs is 1. The Morgan fingerprint density at radius 3 is 2.40 bits per heavy atom. The van der Waals surface area contributed by atoms with E-state index in [0.29, 0.717) is 44.8 Å². The number of hydrogen-bond donors (Lipinski definition) is 1. The fraction of sp³-hybridized carbons (Fsp3) is 0.167. The molecule has 35 heavy (non-hydrogen) atoms. The lowest BCUT2D eigenvalue weighted by atomic mass is 10.2. The minimum Gasteiger partial charge on any atom is -0.497 e. The zero-order valence-corrected chi connectivity index (χ0v) is 20.0. The number of imidazole rings is 1. The van der Waals surface area contributed by atoms with Crippen molar-refractivity contribution in [3.8, 4) is 22.9 Å². The minimum atomic E-state index is -0.468. The highest BCUT2D eigenvalue weighted by Crippen LogP contribution is 2.34. The molecular formula is C24H22N4O6S. The molecule has 0 fully saturated rings. The quantitative estimate of drug-likeness (QED) is 0.202. The minimum absolute atomic E-state index is 0.0418. The second-order valence-corrected chi connectivity index (χ2v) is 8.21. The summed E-state index contributed by atoms with van der Waals surface area (Å²) >= 11 is 1.20. The molecule has 11 heteroatoms. The summed E-state index contributed by atoms with van der Waals surface area (Å²) in [5.74, 6) is 1.47. The van der Waals surface area contributed by atoms with Gasteiger partial charge in [-0.15, -0.1) is 0 Å². The number of rotatable bonds is 9. The number of carbonyl (C=O) groups is 1. The Balaban J connectivity index is 1.65. The Hall–Kier alpha value is -4.25. The third kappa shape index (κ3) is 5.14. The van der Waals surface area contributed by atoms with Crippen molar-refractivity contribution in [1.29, 1.82) is 0 Å². The van der Waals surface area contributed by atoms with Gasteiger partial charge in [0.2, 0.25) is 5.91 Å². The van der Waals surface area contributed by atoms with Gasteiger partial charge in [-0.3, -0.25) is 19.5 Å². The van der Waals surface area contributed by atoms with Crippen LogP contribution < -0.4 is 19.5 Å². The van der Waals surface area contributed by atoms with E-state index in [-0.39, 0.29) is 17.3 Å². The summed E-state index contributed by atoms with van der Waals surface area (Å²) in [7, 11) is 4.62. The van der Waals surface area contributed by atoms with Crippen molar-refractivity contribution in [3.05, 3.63) is 70.8 Å². The number of nitrogens with one attached hydrogen (secondary N) is 1. The summed E-state index contributed by atoms with van der Waals surface area (Å²) in [6, 6.07) is 16.9. The third-order valence-electron chi connectivity index (χ3n) is 5.11. The van der Waals surface area contributed by atoms with E-state index >= 15 is 0 Å². The highest BCUT2D eigenvalue weighted by Gasteiger charge is 2.19. The normalized spacial score (nSPS) is 10.7. The number of nitrogens with zero attached hydrogens (tertiary/aromatic N) is 3. The molecule has 0 aliphatic heterocycles. The monoisotopic (exact) mass is 494 g/mol. The average Bonchev–Trinajstić information content (AvgIpc) is 3.24. The van der Waals surface area contributed by atoms with E-state index in [1.807, 2.05) is 28.8 Å². The van der Waals surface area contributed by atoms with E-state index in [1.54, 1.807) is 31.4 Å². The lowest BCUT2D eigenvalue weighted by Crippen LogP contribution is -2.14. The van der Waals surface area contributed by atoms with Gasteiger partial charge in [0.1, 0.15) is 17.2 Å². The van der Waals surface area contributed by atoms with Crippen LogP contribution in [0.1, 0.15) is 0 Å². The number of para-hydroxylation sites is 2. The predicted molar refractivity (Wildman–Crippen MR) is 133 cm³/mol. The number of aromatic nitrogens is 2. The van der Waals surface area contributed by atoms with Crippen LogP contribution in [0.4, 0.5) is 11.4 Å². The van der Waals surface area contributed by atoms with Crippen LogP contribution in [0.25, 0.3) is 16.7 Å². The molecule has 0 unspecified atom stereocenters. The number of nitro benzene ring substituents is 1. The van der Waals surface area contributed by atoms with E-state index in [1.165, 1.54) is 38.1 Å². The molecule has 0 radical (unpaired) electrons. The van der Waals surface area contributed by atoms with E-state index in [4.69, 9.17) is 14.2 Å². The van der Waals surface area contributed by atoms with Crippen molar-refractivity contribution in [2.45, 2.75) is 5.16 Å². The number of ether oxygens (including phenoxy) is 3. The number of hydrogen-bond acceptors (Lipinski definition) is 8. The molecule has 1 N–H and O–H groups in total. The van der Waals surface area contributed by atoms with Gasteiger partial charge in [0, 0.05) is 36.0 Å². The maximum atomic E-state index is 12.7. The van der Waals surface area contributed by atoms with Crippen molar-refractivity contribution < 1.29 is 23.9 Å². The predicted octanol–water partition coefficient (Wildman–Crippen LogP) is 4.69. The number of amides is 1. The van der Waals surface area contributed by atoms with Gasteiger partial charge < -0.3 is 19.5 Å².